The summed E-state index contributed by atoms with van der Waals surface area (Å²) in [5, 5.41) is 10.3. The lowest BCUT2D eigenvalue weighted by molar-refractivity contribution is -0.120. The van der Waals surface area contributed by atoms with Gasteiger partial charge in [-0.2, -0.15) is 0 Å². The summed E-state index contributed by atoms with van der Waals surface area (Å²) in [6.45, 7) is 0.362. The Kier molecular flexibility index (Phi) is 4.20. The number of nitrogens with zero attached hydrogens (tertiary/aromatic N) is 4. The Hall–Kier alpha value is -2.55. The predicted octanol–water partition coefficient (Wildman–Crippen LogP) is 1.95. The molecule has 0 aliphatic carbocycles. The Morgan fingerprint density at radius 3 is 2.96 bits per heavy atom. The Morgan fingerprint density at radius 2 is 2.26 bits per heavy atom. The zero-order chi connectivity index (χ0) is 16.4. The normalized spacial score (nSPS) is 17.4. The van der Waals surface area contributed by atoms with Crippen molar-refractivity contribution in [1.82, 2.24) is 15.1 Å². The van der Waals surface area contributed by atoms with Crippen molar-refractivity contribution in [1.29, 1.82) is 0 Å². The van der Waals surface area contributed by atoms with Crippen molar-refractivity contribution in [2.45, 2.75) is 12.5 Å². The van der Waals surface area contributed by atoms with Crippen LogP contribution < -0.4 is 10.2 Å². The number of hydrogen-bond acceptors (Lipinski definition) is 5. The Bertz CT molecular complexity index is 724. The smallest absolute Gasteiger partial charge is 0.315 e. The predicted molar refractivity (Wildman–Crippen MR) is 83.8 cm³/mol. The Morgan fingerprint density at radius 1 is 1.48 bits per heavy atom. The largest absolute Gasteiger partial charge is 0.324 e. The lowest BCUT2D eigenvalue weighted by Gasteiger charge is -2.23. The van der Waals surface area contributed by atoms with Gasteiger partial charge in [-0.3, -0.25) is 10.1 Å². The third-order valence-corrected chi connectivity index (χ3v) is 4.29. The maximum Gasteiger partial charge on any atom is 0.324 e. The zero-order valence-corrected chi connectivity index (χ0v) is 13.1. The molecule has 1 N–H and O–H groups in total. The first-order valence-corrected chi connectivity index (χ1v) is 7.82. The number of amides is 3. The summed E-state index contributed by atoms with van der Waals surface area (Å²) in [7, 11) is 1.53. The molecule has 1 aliphatic heterocycles. The van der Waals surface area contributed by atoms with Gasteiger partial charge in [0.05, 0.1) is 5.69 Å². The summed E-state index contributed by atoms with van der Waals surface area (Å²) in [5.74, 6) is -0.757. The molecule has 1 aromatic heterocycles. The molecule has 1 aromatic carbocycles. The number of carbonyl (C=O) groups is 2. The molecule has 9 heteroatoms. The van der Waals surface area contributed by atoms with Crippen LogP contribution in [0.3, 0.4) is 0 Å². The number of likely N-dealkylation sites (N-methyl/N-ethyl adjacent to an activating group) is 1. The minimum absolute atomic E-state index is 0.234. The molecular weight excluding hydrogens is 321 g/mol. The number of para-hydroxylation sites is 1. The van der Waals surface area contributed by atoms with Crippen molar-refractivity contribution in [2.75, 3.05) is 23.8 Å². The molecule has 0 unspecified atom stereocenters. The van der Waals surface area contributed by atoms with Crippen LogP contribution in [0.15, 0.2) is 29.8 Å². The number of anilines is 2. The van der Waals surface area contributed by atoms with Crippen LogP contribution in [0, 0.1) is 5.82 Å². The van der Waals surface area contributed by atoms with Crippen molar-refractivity contribution in [2.24, 2.45) is 0 Å². The van der Waals surface area contributed by atoms with Gasteiger partial charge in [0.2, 0.25) is 11.0 Å². The first-order valence-electron chi connectivity index (χ1n) is 6.94. The molecule has 0 radical (unpaired) electrons. The van der Waals surface area contributed by atoms with E-state index in [1.54, 1.807) is 18.2 Å². The van der Waals surface area contributed by atoms with Crippen LogP contribution in [0.5, 0.6) is 0 Å². The summed E-state index contributed by atoms with van der Waals surface area (Å²) < 4.78 is 13.9. The fraction of sp³-hybridized carbons (Fsp3) is 0.286. The van der Waals surface area contributed by atoms with Crippen LogP contribution in [-0.2, 0) is 4.79 Å². The van der Waals surface area contributed by atoms with Gasteiger partial charge in [-0.15, -0.1) is 10.2 Å². The number of halogens is 1. The lowest BCUT2D eigenvalue weighted by Crippen LogP contribution is -2.44. The summed E-state index contributed by atoms with van der Waals surface area (Å²) in [6.07, 6.45) is 0.438. The number of aromatic nitrogens is 2. The second kappa shape index (κ2) is 6.29. The van der Waals surface area contributed by atoms with Gasteiger partial charge >= 0.3 is 6.03 Å². The molecule has 2 aromatic rings. The molecule has 0 bridgehead atoms. The fourth-order valence-electron chi connectivity index (χ4n) is 2.48. The van der Waals surface area contributed by atoms with Gasteiger partial charge in [0.25, 0.3) is 0 Å². The van der Waals surface area contributed by atoms with E-state index in [9.17, 15) is 14.0 Å². The van der Waals surface area contributed by atoms with Gasteiger partial charge < -0.3 is 9.80 Å². The second-order valence-corrected chi connectivity index (χ2v) is 5.86. The van der Waals surface area contributed by atoms with E-state index in [1.165, 1.54) is 39.8 Å². The average Bonchev–Trinajstić information content (AvgIpc) is 3.17. The Balaban J connectivity index is 1.71. The monoisotopic (exact) mass is 335 g/mol. The summed E-state index contributed by atoms with van der Waals surface area (Å²) >= 11 is 1.19. The van der Waals surface area contributed by atoms with Gasteiger partial charge in [-0.25, -0.2) is 9.18 Å². The van der Waals surface area contributed by atoms with Gasteiger partial charge in [0.15, 0.2) is 0 Å². The molecule has 7 nitrogen and oxygen atoms in total. The highest BCUT2D eigenvalue weighted by atomic mass is 32.1. The molecule has 0 spiro atoms. The van der Waals surface area contributed by atoms with Crippen molar-refractivity contribution in [3.63, 3.8) is 0 Å². The molecule has 1 aliphatic rings. The van der Waals surface area contributed by atoms with Crippen LogP contribution in [0.25, 0.3) is 0 Å². The molecular formula is C14H14FN5O2S. The summed E-state index contributed by atoms with van der Waals surface area (Å²) in [6, 6.07) is 5.01. The maximum atomic E-state index is 13.9. The number of urea groups is 1. The van der Waals surface area contributed by atoms with Gasteiger partial charge in [0.1, 0.15) is 17.4 Å². The summed E-state index contributed by atoms with van der Waals surface area (Å²) in [5.41, 5.74) is 1.73. The average molecular weight is 335 g/mol. The minimum atomic E-state index is -0.637. The molecule has 3 rings (SSSR count). The number of benzene rings is 1. The van der Waals surface area contributed by atoms with Crippen LogP contribution in [-0.4, -0.2) is 46.7 Å². The highest BCUT2D eigenvalue weighted by Gasteiger charge is 2.38. The van der Waals surface area contributed by atoms with E-state index in [0.29, 0.717) is 18.1 Å². The molecule has 3 amide bonds. The first kappa shape index (κ1) is 15.3. The minimum Gasteiger partial charge on any atom is -0.315 e. The number of rotatable bonds is 3. The third kappa shape index (κ3) is 3.00. The number of carbonyl (C=O) groups excluding carboxylic acids is 2. The number of nitrogens with one attached hydrogen (secondary N) is 1. The summed E-state index contributed by atoms with van der Waals surface area (Å²) in [4.78, 5) is 27.4. The van der Waals surface area contributed by atoms with E-state index in [2.05, 4.69) is 15.5 Å². The molecule has 23 heavy (non-hydrogen) atoms. The van der Waals surface area contributed by atoms with Crippen molar-refractivity contribution in [3.8, 4) is 0 Å². The maximum absolute atomic E-state index is 13.9. The molecule has 120 valence electrons. The standard InChI is InChI=1S/C14H14FN5O2S/c1-19(14(22)17-13-18-16-8-23-13)11-6-7-20(12(11)21)10-5-3-2-4-9(10)15/h2-5,8,11H,6-7H2,1H3,(H,17,18,22)/t11-/m1/s1. The molecule has 2 heterocycles. The van der Waals surface area contributed by atoms with E-state index in [0.717, 1.165) is 0 Å². The SMILES string of the molecule is CN(C(=O)Nc1nncs1)[C@@H]1CCN(c2ccccc2F)C1=O. The topological polar surface area (TPSA) is 78.4 Å². The van der Waals surface area contributed by atoms with E-state index in [4.69, 9.17) is 0 Å². The molecule has 1 atom stereocenters. The van der Waals surface area contributed by atoms with Crippen LogP contribution >= 0.6 is 11.3 Å². The Labute approximate surface area is 135 Å². The van der Waals surface area contributed by atoms with Crippen molar-refractivity contribution < 1.29 is 14.0 Å². The van der Waals surface area contributed by atoms with Gasteiger partial charge in [-0.1, -0.05) is 23.5 Å². The molecule has 1 fully saturated rings. The third-order valence-electron chi connectivity index (χ3n) is 3.68. The highest BCUT2D eigenvalue weighted by Crippen LogP contribution is 2.26. The lowest BCUT2D eigenvalue weighted by atomic mass is 10.2. The van der Waals surface area contributed by atoms with E-state index in [-0.39, 0.29) is 11.6 Å². The van der Waals surface area contributed by atoms with Gasteiger partial charge in [0, 0.05) is 13.6 Å². The van der Waals surface area contributed by atoms with Crippen molar-refractivity contribution >= 4 is 34.1 Å². The quantitative estimate of drug-likeness (QED) is 0.930. The highest BCUT2D eigenvalue weighted by molar-refractivity contribution is 7.13. The van der Waals surface area contributed by atoms with Crippen LogP contribution in [0.1, 0.15) is 6.42 Å². The fourth-order valence-corrected chi connectivity index (χ4v) is 2.92. The number of hydrogen-bond donors (Lipinski definition) is 1. The zero-order valence-electron chi connectivity index (χ0n) is 12.3. The van der Waals surface area contributed by atoms with Crippen molar-refractivity contribution in [3.05, 3.63) is 35.6 Å². The molecule has 0 saturated carbocycles. The van der Waals surface area contributed by atoms with E-state index < -0.39 is 17.9 Å². The molecule has 1 saturated heterocycles. The van der Waals surface area contributed by atoms with Crippen LogP contribution in [0.2, 0.25) is 0 Å². The van der Waals surface area contributed by atoms with Gasteiger partial charge in [-0.05, 0) is 18.6 Å². The second-order valence-electron chi connectivity index (χ2n) is 5.03. The van der Waals surface area contributed by atoms with Crippen LogP contribution in [0.4, 0.5) is 20.0 Å². The van der Waals surface area contributed by atoms with E-state index >= 15 is 0 Å². The first-order chi connectivity index (χ1) is 11.1. The van der Waals surface area contributed by atoms with E-state index in [1.807, 2.05) is 0 Å².